The Morgan fingerprint density at radius 3 is 2.37 bits per heavy atom. The van der Waals surface area contributed by atoms with Crippen LogP contribution in [0.1, 0.15) is 81.6 Å². The van der Waals surface area contributed by atoms with E-state index in [-0.39, 0.29) is 36.9 Å². The highest BCUT2D eigenvalue weighted by atomic mass is 16.7. The van der Waals surface area contributed by atoms with Gasteiger partial charge in [-0.2, -0.15) is 0 Å². The minimum atomic E-state index is -0.592. The molecule has 0 aromatic heterocycles. The molecule has 2 aliphatic heterocycles. The lowest BCUT2D eigenvalue weighted by molar-refractivity contribution is -0.253. The molecule has 2 aliphatic rings. The van der Waals surface area contributed by atoms with E-state index in [9.17, 15) is 14.7 Å². The Labute approximate surface area is 272 Å². The molecule has 5 rings (SSSR count). The number of carbonyl (C=O) groups is 2. The highest BCUT2D eigenvalue weighted by Gasteiger charge is 2.38. The van der Waals surface area contributed by atoms with E-state index in [0.29, 0.717) is 26.1 Å². The number of hydrogen-bond donors (Lipinski definition) is 3. The number of aliphatic hydroxyl groups is 1. The standard InChI is InChI=1S/C37H47N3O6/c1-5-38-36(43)39-22-26-8-6-9-30(20-26)27-15-17-29(18-16-27)35-44-31(21-33(45-35)28-13-11-25(24-41)12-14-28)23-40-19-7-10-32(40)34(42)46-37(2,3)4/h6,8-9,11-18,20,31-33,35,41H,5,7,10,19,21-24H2,1-4H3,(H2,38,39,43). The van der Waals surface area contributed by atoms with Crippen LogP contribution in [0.3, 0.4) is 0 Å². The highest BCUT2D eigenvalue weighted by molar-refractivity contribution is 5.76. The first kappa shape index (κ1) is 33.6. The van der Waals surface area contributed by atoms with Crippen molar-refractivity contribution in [1.82, 2.24) is 15.5 Å². The Morgan fingerprint density at radius 1 is 0.935 bits per heavy atom. The topological polar surface area (TPSA) is 109 Å². The molecule has 0 radical (unpaired) electrons. The van der Waals surface area contributed by atoms with Crippen LogP contribution < -0.4 is 10.6 Å². The lowest BCUT2D eigenvalue weighted by Crippen LogP contribution is -2.45. The summed E-state index contributed by atoms with van der Waals surface area (Å²) in [5.74, 6) is -0.176. The molecule has 246 valence electrons. The molecule has 4 atom stereocenters. The fourth-order valence-corrected chi connectivity index (χ4v) is 6.07. The van der Waals surface area contributed by atoms with Gasteiger partial charge in [-0.05, 0) is 81.0 Å². The van der Waals surface area contributed by atoms with Crippen LogP contribution in [0.4, 0.5) is 4.79 Å². The Bertz CT molecular complexity index is 1450. The second kappa shape index (κ2) is 15.2. The summed E-state index contributed by atoms with van der Waals surface area (Å²) < 4.78 is 18.9. The molecule has 2 amide bonds. The maximum atomic E-state index is 13.0. The summed E-state index contributed by atoms with van der Waals surface area (Å²) in [6.07, 6.45) is 1.38. The van der Waals surface area contributed by atoms with Crippen LogP contribution >= 0.6 is 0 Å². The summed E-state index contributed by atoms with van der Waals surface area (Å²) >= 11 is 0. The van der Waals surface area contributed by atoms with E-state index in [4.69, 9.17) is 14.2 Å². The van der Waals surface area contributed by atoms with Crippen molar-refractivity contribution >= 4 is 12.0 Å². The van der Waals surface area contributed by atoms with Gasteiger partial charge in [0.2, 0.25) is 0 Å². The molecule has 0 bridgehead atoms. The van der Waals surface area contributed by atoms with Crippen LogP contribution in [-0.2, 0) is 32.2 Å². The lowest BCUT2D eigenvalue weighted by atomic mass is 9.98. The van der Waals surface area contributed by atoms with Crippen molar-refractivity contribution < 1.29 is 28.9 Å². The normalized spacial score (nSPS) is 21.9. The number of nitrogens with one attached hydrogen (secondary N) is 2. The molecule has 4 unspecified atom stereocenters. The fraction of sp³-hybridized carbons (Fsp3) is 0.459. The van der Waals surface area contributed by atoms with Gasteiger partial charge in [0, 0.05) is 31.6 Å². The SMILES string of the molecule is CCNC(=O)NCc1cccc(-c2ccc(C3OC(CN4CCCC4C(=O)OC(C)(C)C)CC(c4ccc(CO)cc4)O3)cc2)c1. The smallest absolute Gasteiger partial charge is 0.323 e. The second-order valence-corrected chi connectivity index (χ2v) is 13.1. The second-order valence-electron chi connectivity index (χ2n) is 13.1. The number of carbonyl (C=O) groups excluding carboxylic acids is 2. The predicted octanol–water partition coefficient (Wildman–Crippen LogP) is 6.02. The first-order valence-corrected chi connectivity index (χ1v) is 16.3. The Hall–Kier alpha value is -3.76. The van der Waals surface area contributed by atoms with Crippen LogP contribution in [0.15, 0.2) is 72.8 Å². The minimum absolute atomic E-state index is 0.0128. The summed E-state index contributed by atoms with van der Waals surface area (Å²) in [6.45, 7) is 10.0. The monoisotopic (exact) mass is 629 g/mol. The van der Waals surface area contributed by atoms with Crippen LogP contribution in [0.25, 0.3) is 11.1 Å². The zero-order valence-electron chi connectivity index (χ0n) is 27.3. The number of aliphatic hydroxyl groups excluding tert-OH is 1. The summed E-state index contributed by atoms with van der Waals surface area (Å²) in [5.41, 5.74) is 5.35. The molecule has 0 spiro atoms. The molecule has 9 nitrogen and oxygen atoms in total. The van der Waals surface area contributed by atoms with Gasteiger partial charge >= 0.3 is 12.0 Å². The maximum absolute atomic E-state index is 13.0. The van der Waals surface area contributed by atoms with Crippen molar-refractivity contribution in [2.75, 3.05) is 19.6 Å². The summed E-state index contributed by atoms with van der Waals surface area (Å²) in [7, 11) is 0. The lowest BCUT2D eigenvalue weighted by Gasteiger charge is -2.38. The number of ether oxygens (including phenoxy) is 3. The van der Waals surface area contributed by atoms with Gasteiger partial charge < -0.3 is 30.0 Å². The van der Waals surface area contributed by atoms with Crippen molar-refractivity contribution in [3.63, 3.8) is 0 Å². The third kappa shape index (κ3) is 8.94. The van der Waals surface area contributed by atoms with Gasteiger partial charge in [-0.25, -0.2) is 4.79 Å². The molecule has 9 heteroatoms. The van der Waals surface area contributed by atoms with E-state index in [1.807, 2.05) is 76.2 Å². The third-order valence-electron chi connectivity index (χ3n) is 8.33. The van der Waals surface area contributed by atoms with Crippen molar-refractivity contribution in [3.8, 4) is 11.1 Å². The third-order valence-corrected chi connectivity index (χ3v) is 8.33. The Morgan fingerprint density at radius 2 is 1.67 bits per heavy atom. The van der Waals surface area contributed by atoms with Crippen molar-refractivity contribution in [2.45, 2.75) is 90.2 Å². The number of esters is 1. The van der Waals surface area contributed by atoms with Crippen molar-refractivity contribution in [3.05, 3.63) is 95.1 Å². The molecule has 2 fully saturated rings. The quantitative estimate of drug-likeness (QED) is 0.236. The van der Waals surface area contributed by atoms with Gasteiger partial charge in [0.1, 0.15) is 11.6 Å². The molecule has 0 aliphatic carbocycles. The molecule has 3 aromatic rings. The average Bonchev–Trinajstić information content (AvgIpc) is 3.51. The van der Waals surface area contributed by atoms with Gasteiger partial charge in [0.25, 0.3) is 0 Å². The Balaban J connectivity index is 1.32. The summed E-state index contributed by atoms with van der Waals surface area (Å²) in [5, 5.41) is 15.2. The predicted molar refractivity (Wildman–Crippen MR) is 177 cm³/mol. The molecule has 46 heavy (non-hydrogen) atoms. The fourth-order valence-electron chi connectivity index (χ4n) is 6.07. The highest BCUT2D eigenvalue weighted by Crippen LogP contribution is 2.39. The van der Waals surface area contributed by atoms with E-state index >= 15 is 0 Å². The molecule has 2 saturated heterocycles. The number of likely N-dealkylation sites (tertiary alicyclic amines) is 1. The van der Waals surface area contributed by atoms with E-state index in [0.717, 1.165) is 52.8 Å². The van der Waals surface area contributed by atoms with Gasteiger partial charge in [-0.15, -0.1) is 0 Å². The zero-order valence-corrected chi connectivity index (χ0v) is 27.3. The number of nitrogens with zero attached hydrogens (tertiary/aromatic N) is 1. The van der Waals surface area contributed by atoms with Gasteiger partial charge in [0.15, 0.2) is 6.29 Å². The molecular formula is C37H47N3O6. The van der Waals surface area contributed by atoms with Crippen LogP contribution in [0.2, 0.25) is 0 Å². The van der Waals surface area contributed by atoms with Crippen LogP contribution in [0.5, 0.6) is 0 Å². The van der Waals surface area contributed by atoms with Crippen LogP contribution in [0, 0.1) is 0 Å². The van der Waals surface area contributed by atoms with E-state index in [1.165, 1.54) is 0 Å². The Kier molecular flexibility index (Phi) is 11.1. The number of rotatable bonds is 10. The average molecular weight is 630 g/mol. The first-order valence-electron chi connectivity index (χ1n) is 16.3. The largest absolute Gasteiger partial charge is 0.459 e. The maximum Gasteiger partial charge on any atom is 0.323 e. The van der Waals surface area contributed by atoms with Crippen molar-refractivity contribution in [2.24, 2.45) is 0 Å². The summed E-state index contributed by atoms with van der Waals surface area (Å²) in [4.78, 5) is 27.1. The number of benzene rings is 3. The zero-order chi connectivity index (χ0) is 32.7. The first-order chi connectivity index (χ1) is 22.1. The number of amides is 2. The van der Waals surface area contributed by atoms with E-state index < -0.39 is 11.9 Å². The van der Waals surface area contributed by atoms with E-state index in [2.05, 4.69) is 39.8 Å². The van der Waals surface area contributed by atoms with Gasteiger partial charge in [-0.1, -0.05) is 66.7 Å². The molecule has 3 aromatic carbocycles. The molecular weight excluding hydrogens is 582 g/mol. The van der Waals surface area contributed by atoms with E-state index in [1.54, 1.807) is 0 Å². The molecule has 2 heterocycles. The van der Waals surface area contributed by atoms with Gasteiger partial charge in [0.05, 0.1) is 18.8 Å². The van der Waals surface area contributed by atoms with Crippen LogP contribution in [-0.4, -0.2) is 59.4 Å². The summed E-state index contributed by atoms with van der Waals surface area (Å²) in [6, 6.07) is 23.7. The van der Waals surface area contributed by atoms with Crippen molar-refractivity contribution in [1.29, 1.82) is 0 Å². The number of hydrogen-bond acceptors (Lipinski definition) is 7. The van der Waals surface area contributed by atoms with Gasteiger partial charge in [-0.3, -0.25) is 9.69 Å². The number of urea groups is 1. The minimum Gasteiger partial charge on any atom is -0.459 e. The molecule has 0 saturated carbocycles. The molecule has 3 N–H and O–H groups in total.